The molecule has 0 aromatic heterocycles. The van der Waals surface area contributed by atoms with Crippen molar-refractivity contribution < 1.29 is 9.18 Å². The Hall–Kier alpha value is -0.580. The van der Waals surface area contributed by atoms with Crippen LogP contribution in [0.2, 0.25) is 0 Å². The lowest BCUT2D eigenvalue weighted by molar-refractivity contribution is -0.119. The Balaban J connectivity index is 1.60. The number of nitrogens with zero attached hydrogens (tertiary/aromatic N) is 1. The number of hydrogen-bond acceptors (Lipinski definition) is 3. The minimum Gasteiger partial charge on any atom is -0.304 e. The summed E-state index contributed by atoms with van der Waals surface area (Å²) in [4.78, 5) is 16.9. The molecule has 5 heteroatoms. The van der Waals surface area contributed by atoms with Crippen molar-refractivity contribution in [1.82, 2.24) is 5.32 Å². The van der Waals surface area contributed by atoms with Gasteiger partial charge in [0.1, 0.15) is 5.67 Å². The summed E-state index contributed by atoms with van der Waals surface area (Å²) in [6.07, 6.45) is 5.27. The Morgan fingerprint density at radius 2 is 1.95 bits per heavy atom. The molecule has 4 bridgehead atoms. The molecular weight excluding hydrogens is 287 g/mol. The van der Waals surface area contributed by atoms with Gasteiger partial charge < -0.3 is 5.32 Å². The highest BCUT2D eigenvalue weighted by atomic mass is 32.2. The van der Waals surface area contributed by atoms with E-state index in [2.05, 4.69) is 19.2 Å². The zero-order valence-corrected chi connectivity index (χ0v) is 13.5. The van der Waals surface area contributed by atoms with Crippen molar-refractivity contribution >= 4 is 22.8 Å². The number of amides is 1. The molecule has 1 amide bonds. The number of carbonyl (C=O) groups is 1. The van der Waals surface area contributed by atoms with Crippen molar-refractivity contribution in [2.24, 2.45) is 22.7 Å². The van der Waals surface area contributed by atoms with E-state index in [9.17, 15) is 9.18 Å². The Morgan fingerprint density at radius 3 is 2.48 bits per heavy atom. The molecule has 5 aliphatic rings. The average Bonchev–Trinajstić information content (AvgIpc) is 2.65. The molecule has 4 aliphatic carbocycles. The molecule has 3 unspecified atom stereocenters. The zero-order valence-electron chi connectivity index (χ0n) is 12.7. The fourth-order valence-electron chi connectivity index (χ4n) is 5.32. The molecule has 1 N–H and O–H groups in total. The summed E-state index contributed by atoms with van der Waals surface area (Å²) in [5.41, 5.74) is -1.22. The van der Waals surface area contributed by atoms with Crippen LogP contribution in [-0.4, -0.2) is 27.5 Å². The van der Waals surface area contributed by atoms with Gasteiger partial charge in [-0.3, -0.25) is 9.79 Å². The molecule has 0 radical (unpaired) electrons. The summed E-state index contributed by atoms with van der Waals surface area (Å²) in [6.45, 7) is 4.11. The number of aliphatic imine (C=N–C) groups is 1. The van der Waals surface area contributed by atoms with Crippen molar-refractivity contribution in [2.45, 2.75) is 68.8 Å². The molecule has 1 aliphatic heterocycles. The lowest BCUT2D eigenvalue weighted by Gasteiger charge is -2.57. The van der Waals surface area contributed by atoms with E-state index in [1.807, 2.05) is 0 Å². The highest BCUT2D eigenvalue weighted by Crippen LogP contribution is 2.60. The Kier molecular flexibility index (Phi) is 2.98. The summed E-state index contributed by atoms with van der Waals surface area (Å²) in [7, 11) is 0. The second-order valence-corrected chi connectivity index (χ2v) is 9.16. The third-order valence-electron chi connectivity index (χ3n) is 5.63. The van der Waals surface area contributed by atoms with Gasteiger partial charge >= 0.3 is 0 Å². The maximum absolute atomic E-state index is 14.9. The highest BCUT2D eigenvalue weighted by molar-refractivity contribution is 8.15. The monoisotopic (exact) mass is 310 g/mol. The molecule has 1 saturated heterocycles. The molecule has 3 nitrogen and oxygen atoms in total. The molecule has 116 valence electrons. The van der Waals surface area contributed by atoms with Crippen LogP contribution in [0, 0.1) is 17.8 Å². The number of rotatable bonds is 2. The summed E-state index contributed by atoms with van der Waals surface area (Å²) < 4.78 is 14.9. The van der Waals surface area contributed by atoms with Gasteiger partial charge in [0, 0.05) is 6.42 Å². The number of hydrogen-bond donors (Lipinski definition) is 1. The summed E-state index contributed by atoms with van der Waals surface area (Å²) in [6, 6.07) is 0. The average molecular weight is 310 g/mol. The highest BCUT2D eigenvalue weighted by Gasteiger charge is 2.58. The molecule has 0 spiro atoms. The van der Waals surface area contributed by atoms with Gasteiger partial charge in [-0.2, -0.15) is 0 Å². The van der Waals surface area contributed by atoms with Crippen molar-refractivity contribution in [3.8, 4) is 0 Å². The first kappa shape index (κ1) is 14.0. The molecule has 21 heavy (non-hydrogen) atoms. The van der Waals surface area contributed by atoms with E-state index < -0.39 is 5.67 Å². The summed E-state index contributed by atoms with van der Waals surface area (Å²) in [5.74, 6) is 1.37. The van der Waals surface area contributed by atoms with Crippen LogP contribution in [0.5, 0.6) is 0 Å². The van der Waals surface area contributed by atoms with Gasteiger partial charge in [-0.15, -0.1) is 0 Å². The van der Waals surface area contributed by atoms with Gasteiger partial charge in [0.15, 0.2) is 5.17 Å². The number of nitrogens with one attached hydrogen (secondary N) is 1. The number of amidine groups is 1. The Morgan fingerprint density at radius 1 is 1.29 bits per heavy atom. The molecule has 3 atom stereocenters. The maximum atomic E-state index is 14.9. The van der Waals surface area contributed by atoms with E-state index in [1.54, 1.807) is 11.8 Å². The molecule has 4 saturated carbocycles. The van der Waals surface area contributed by atoms with Crippen LogP contribution in [0.25, 0.3) is 0 Å². The summed E-state index contributed by atoms with van der Waals surface area (Å²) >= 11 is 1.54. The van der Waals surface area contributed by atoms with Gasteiger partial charge in [-0.25, -0.2) is 4.39 Å². The van der Waals surface area contributed by atoms with E-state index in [-0.39, 0.29) is 16.7 Å². The molecule has 5 fully saturated rings. The van der Waals surface area contributed by atoms with Gasteiger partial charge in [0.25, 0.3) is 0 Å². The first-order chi connectivity index (χ1) is 9.86. The quantitative estimate of drug-likeness (QED) is 0.850. The maximum Gasteiger partial charge on any atom is 0.239 e. The van der Waals surface area contributed by atoms with Crippen molar-refractivity contribution in [3.05, 3.63) is 0 Å². The smallest absolute Gasteiger partial charge is 0.239 e. The third-order valence-corrected chi connectivity index (χ3v) is 7.06. The van der Waals surface area contributed by atoms with Gasteiger partial charge in [0.2, 0.25) is 5.91 Å². The standard InChI is InChI=1S/C16H23FN2OS/c1-9(2)12-13(20)18-14(21-12)19-16-6-10-3-11(7-16)5-15(17,4-10)8-16/h9-12H,3-8H2,1-2H3,(H,18,19,20). The van der Waals surface area contributed by atoms with Crippen LogP contribution in [0.15, 0.2) is 4.99 Å². The van der Waals surface area contributed by atoms with Crippen LogP contribution in [0.1, 0.15) is 52.4 Å². The minimum atomic E-state index is -0.987. The number of alkyl halides is 1. The predicted octanol–water partition coefficient (Wildman–Crippen LogP) is 3.29. The first-order valence-corrected chi connectivity index (χ1v) is 9.01. The van der Waals surface area contributed by atoms with E-state index in [1.165, 1.54) is 6.42 Å². The Labute approximate surface area is 129 Å². The largest absolute Gasteiger partial charge is 0.304 e. The first-order valence-electron chi connectivity index (χ1n) is 8.13. The molecule has 1 heterocycles. The minimum absolute atomic E-state index is 0.0444. The van der Waals surface area contributed by atoms with E-state index in [0.29, 0.717) is 24.2 Å². The van der Waals surface area contributed by atoms with Crippen LogP contribution in [0.3, 0.4) is 0 Å². The van der Waals surface area contributed by atoms with Gasteiger partial charge in [-0.1, -0.05) is 25.6 Å². The molecule has 0 aromatic carbocycles. The second-order valence-electron chi connectivity index (χ2n) is 8.02. The number of carbonyl (C=O) groups excluding carboxylic acids is 1. The normalized spacial score (nSPS) is 50.2. The van der Waals surface area contributed by atoms with Crippen molar-refractivity contribution in [1.29, 1.82) is 0 Å². The van der Waals surface area contributed by atoms with Crippen LogP contribution in [-0.2, 0) is 4.79 Å². The van der Waals surface area contributed by atoms with Crippen molar-refractivity contribution in [2.75, 3.05) is 0 Å². The van der Waals surface area contributed by atoms with E-state index in [4.69, 9.17) is 4.99 Å². The van der Waals surface area contributed by atoms with Crippen LogP contribution >= 0.6 is 11.8 Å². The Bertz CT molecular complexity index is 504. The van der Waals surface area contributed by atoms with Crippen LogP contribution < -0.4 is 5.32 Å². The lowest BCUT2D eigenvalue weighted by atomic mass is 9.52. The fourth-order valence-corrected chi connectivity index (χ4v) is 6.41. The van der Waals surface area contributed by atoms with Crippen LogP contribution in [0.4, 0.5) is 4.39 Å². The number of halogens is 1. The SMILES string of the molecule is CC(C)C1SC(=NC23CC4CC(CC(F)(C4)C2)C3)NC1=O. The zero-order chi connectivity index (χ0) is 14.8. The predicted molar refractivity (Wildman–Crippen MR) is 83.0 cm³/mol. The third kappa shape index (κ3) is 2.32. The van der Waals surface area contributed by atoms with Gasteiger partial charge in [-0.05, 0) is 49.9 Å². The summed E-state index contributed by atoms with van der Waals surface area (Å²) in [5, 5.41) is 3.62. The van der Waals surface area contributed by atoms with E-state index >= 15 is 0 Å². The molecular formula is C16H23FN2OS. The second kappa shape index (κ2) is 4.46. The van der Waals surface area contributed by atoms with Gasteiger partial charge in [0.05, 0.1) is 10.8 Å². The topological polar surface area (TPSA) is 41.5 Å². The van der Waals surface area contributed by atoms with Crippen molar-refractivity contribution in [3.63, 3.8) is 0 Å². The lowest BCUT2D eigenvalue weighted by Crippen LogP contribution is -2.56. The molecule has 5 rings (SSSR count). The fraction of sp³-hybridized carbons (Fsp3) is 0.875. The molecule has 0 aromatic rings. The van der Waals surface area contributed by atoms with E-state index in [0.717, 1.165) is 30.9 Å². The number of thioether (sulfide) groups is 1.